The molecule has 1 rings (SSSR count). The van der Waals surface area contributed by atoms with Crippen LogP contribution in [-0.4, -0.2) is 31.3 Å². The molecule has 1 saturated heterocycles. The molecule has 0 amide bonds. The van der Waals surface area contributed by atoms with Crippen LogP contribution >= 0.6 is 11.6 Å². The van der Waals surface area contributed by atoms with Gasteiger partial charge in [-0.2, -0.15) is 0 Å². The molecule has 72 valence electrons. The zero-order valence-electron chi connectivity index (χ0n) is 7.81. The van der Waals surface area contributed by atoms with Crippen LogP contribution in [0.1, 0.15) is 26.2 Å². The Morgan fingerprint density at radius 1 is 1.67 bits per heavy atom. The van der Waals surface area contributed by atoms with Gasteiger partial charge >= 0.3 is 0 Å². The highest BCUT2D eigenvalue weighted by Gasteiger charge is 2.31. The van der Waals surface area contributed by atoms with E-state index in [2.05, 4.69) is 6.92 Å². The highest BCUT2D eigenvalue weighted by Crippen LogP contribution is 2.30. The number of rotatable bonds is 3. The summed E-state index contributed by atoms with van der Waals surface area (Å²) in [5, 5.41) is 0.278. The van der Waals surface area contributed by atoms with Crippen LogP contribution < -0.4 is 0 Å². The molecule has 0 aromatic rings. The van der Waals surface area contributed by atoms with Crippen LogP contribution in [0.2, 0.25) is 0 Å². The Morgan fingerprint density at radius 3 is 3.00 bits per heavy atom. The second-order valence-electron chi connectivity index (χ2n) is 3.63. The zero-order chi connectivity index (χ0) is 9.03. The number of hydrogen-bond donors (Lipinski definition) is 0. The topological polar surface area (TPSA) is 18.5 Å². The minimum absolute atomic E-state index is 0.0549. The van der Waals surface area contributed by atoms with Crippen molar-refractivity contribution in [3.05, 3.63) is 0 Å². The number of ether oxygens (including phenoxy) is 2. The summed E-state index contributed by atoms with van der Waals surface area (Å²) in [7, 11) is 1.71. The largest absolute Gasteiger partial charge is 0.385 e. The third-order valence-electron chi connectivity index (χ3n) is 2.37. The van der Waals surface area contributed by atoms with Gasteiger partial charge in [-0.05, 0) is 26.2 Å². The number of alkyl halides is 1. The van der Waals surface area contributed by atoms with Crippen LogP contribution in [-0.2, 0) is 9.47 Å². The Labute approximate surface area is 79.2 Å². The van der Waals surface area contributed by atoms with Gasteiger partial charge in [-0.25, -0.2) is 0 Å². The van der Waals surface area contributed by atoms with Crippen LogP contribution in [0.4, 0.5) is 0 Å². The molecule has 3 heteroatoms. The summed E-state index contributed by atoms with van der Waals surface area (Å²) in [6.07, 6.45) is 2.86. The van der Waals surface area contributed by atoms with Gasteiger partial charge in [-0.1, -0.05) is 0 Å². The summed E-state index contributed by atoms with van der Waals surface area (Å²) in [5.74, 6) is 0. The standard InChI is InChI=1S/C9H17ClO2/c1-9(4-6-11-2)7-8(10)3-5-12-9/h8H,3-7H2,1-2H3. The summed E-state index contributed by atoms with van der Waals surface area (Å²) in [6.45, 7) is 3.65. The molecule has 0 N–H and O–H groups in total. The van der Waals surface area contributed by atoms with Crippen LogP contribution in [0.3, 0.4) is 0 Å². The molecule has 0 radical (unpaired) electrons. The molecule has 1 fully saturated rings. The Bertz CT molecular complexity index is 140. The van der Waals surface area contributed by atoms with Crippen LogP contribution in [0.25, 0.3) is 0 Å². The van der Waals surface area contributed by atoms with Crippen LogP contribution in [0.5, 0.6) is 0 Å². The lowest BCUT2D eigenvalue weighted by atomic mass is 9.92. The van der Waals surface area contributed by atoms with Crippen LogP contribution in [0, 0.1) is 0 Å². The van der Waals surface area contributed by atoms with E-state index in [1.807, 2.05) is 0 Å². The first-order valence-corrected chi connectivity index (χ1v) is 4.87. The average molecular weight is 193 g/mol. The van der Waals surface area contributed by atoms with Gasteiger partial charge in [0.25, 0.3) is 0 Å². The number of methoxy groups -OCH3 is 1. The van der Waals surface area contributed by atoms with Gasteiger partial charge in [0.05, 0.1) is 5.60 Å². The predicted octanol–water partition coefficient (Wildman–Crippen LogP) is 2.20. The van der Waals surface area contributed by atoms with Crippen molar-refractivity contribution >= 4 is 11.6 Å². The molecular formula is C9H17ClO2. The summed E-state index contributed by atoms with van der Waals surface area (Å²) in [6, 6.07) is 0. The summed E-state index contributed by atoms with van der Waals surface area (Å²) in [4.78, 5) is 0. The van der Waals surface area contributed by atoms with E-state index in [-0.39, 0.29) is 11.0 Å². The molecule has 0 saturated carbocycles. The van der Waals surface area contributed by atoms with Crippen molar-refractivity contribution in [3.8, 4) is 0 Å². The first-order chi connectivity index (χ1) is 5.66. The van der Waals surface area contributed by atoms with E-state index in [0.717, 1.165) is 32.5 Å². The maximum atomic E-state index is 6.06. The highest BCUT2D eigenvalue weighted by atomic mass is 35.5. The van der Waals surface area contributed by atoms with Crippen molar-refractivity contribution in [3.63, 3.8) is 0 Å². The Balaban J connectivity index is 2.35. The van der Waals surface area contributed by atoms with Crippen molar-refractivity contribution in [2.24, 2.45) is 0 Å². The minimum atomic E-state index is -0.0549. The molecule has 2 nitrogen and oxygen atoms in total. The second-order valence-corrected chi connectivity index (χ2v) is 4.25. The fourth-order valence-electron chi connectivity index (χ4n) is 1.55. The lowest BCUT2D eigenvalue weighted by molar-refractivity contribution is -0.0780. The normalized spacial score (nSPS) is 36.8. The van der Waals surface area contributed by atoms with Gasteiger partial charge in [0.1, 0.15) is 0 Å². The van der Waals surface area contributed by atoms with Gasteiger partial charge in [-0.15, -0.1) is 11.6 Å². The second kappa shape index (κ2) is 4.45. The molecule has 1 aliphatic heterocycles. The summed E-state index contributed by atoms with van der Waals surface area (Å²) < 4.78 is 10.7. The molecule has 0 spiro atoms. The Hall–Kier alpha value is 0.210. The van der Waals surface area contributed by atoms with Gasteiger partial charge in [-0.3, -0.25) is 0 Å². The lowest BCUT2D eigenvalue weighted by Crippen LogP contribution is -2.38. The maximum absolute atomic E-state index is 6.06. The van der Waals surface area contributed by atoms with Gasteiger partial charge in [0.2, 0.25) is 0 Å². The lowest BCUT2D eigenvalue weighted by Gasteiger charge is -2.36. The molecule has 0 aromatic heterocycles. The van der Waals surface area contributed by atoms with Gasteiger partial charge < -0.3 is 9.47 Å². The van der Waals surface area contributed by atoms with E-state index < -0.39 is 0 Å². The van der Waals surface area contributed by atoms with E-state index in [9.17, 15) is 0 Å². The molecule has 1 heterocycles. The minimum Gasteiger partial charge on any atom is -0.385 e. The van der Waals surface area contributed by atoms with Crippen molar-refractivity contribution in [1.29, 1.82) is 0 Å². The van der Waals surface area contributed by atoms with Gasteiger partial charge in [0, 0.05) is 25.7 Å². The van der Waals surface area contributed by atoms with Crippen LogP contribution in [0.15, 0.2) is 0 Å². The third kappa shape index (κ3) is 2.92. The quantitative estimate of drug-likeness (QED) is 0.639. The molecule has 2 unspecified atom stereocenters. The average Bonchev–Trinajstić information content (AvgIpc) is 2.01. The third-order valence-corrected chi connectivity index (χ3v) is 2.74. The fourth-order valence-corrected chi connectivity index (χ4v) is 1.97. The van der Waals surface area contributed by atoms with E-state index in [1.165, 1.54) is 0 Å². The fraction of sp³-hybridized carbons (Fsp3) is 1.00. The molecule has 2 atom stereocenters. The van der Waals surface area contributed by atoms with E-state index >= 15 is 0 Å². The predicted molar refractivity (Wildman–Crippen MR) is 49.7 cm³/mol. The van der Waals surface area contributed by atoms with E-state index in [4.69, 9.17) is 21.1 Å². The van der Waals surface area contributed by atoms with Gasteiger partial charge in [0.15, 0.2) is 0 Å². The molecule has 0 bridgehead atoms. The zero-order valence-corrected chi connectivity index (χ0v) is 8.56. The van der Waals surface area contributed by atoms with E-state index in [1.54, 1.807) is 7.11 Å². The number of hydrogen-bond acceptors (Lipinski definition) is 2. The highest BCUT2D eigenvalue weighted by molar-refractivity contribution is 6.20. The first-order valence-electron chi connectivity index (χ1n) is 4.43. The Morgan fingerprint density at radius 2 is 2.42 bits per heavy atom. The molecule has 12 heavy (non-hydrogen) atoms. The Kier molecular flexibility index (Phi) is 3.81. The summed E-state index contributed by atoms with van der Waals surface area (Å²) >= 11 is 6.06. The van der Waals surface area contributed by atoms with Crippen molar-refractivity contribution in [2.75, 3.05) is 20.3 Å². The number of halogens is 1. The first kappa shape index (κ1) is 10.3. The SMILES string of the molecule is COCCC1(C)CC(Cl)CCO1. The molecule has 1 aliphatic rings. The molecule has 0 aromatic carbocycles. The molecular weight excluding hydrogens is 176 g/mol. The smallest absolute Gasteiger partial charge is 0.0690 e. The van der Waals surface area contributed by atoms with Crippen molar-refractivity contribution in [1.82, 2.24) is 0 Å². The maximum Gasteiger partial charge on any atom is 0.0690 e. The monoisotopic (exact) mass is 192 g/mol. The molecule has 0 aliphatic carbocycles. The van der Waals surface area contributed by atoms with Crippen molar-refractivity contribution < 1.29 is 9.47 Å². The van der Waals surface area contributed by atoms with Crippen molar-refractivity contribution in [2.45, 2.75) is 37.2 Å². The summed E-state index contributed by atoms with van der Waals surface area (Å²) in [5.41, 5.74) is -0.0549. The van der Waals surface area contributed by atoms with E-state index in [0.29, 0.717) is 0 Å².